The summed E-state index contributed by atoms with van der Waals surface area (Å²) in [6.07, 6.45) is 10.6. The van der Waals surface area contributed by atoms with E-state index in [9.17, 15) is 3.89 Å². The van der Waals surface area contributed by atoms with Crippen LogP contribution >= 0.6 is 23.5 Å². The molecule has 3 aromatic rings. The molecule has 1 aromatic carbocycles. The van der Waals surface area contributed by atoms with Crippen molar-refractivity contribution in [3.63, 3.8) is 0 Å². The maximum Gasteiger partial charge on any atom is 0.144 e. The number of rotatable bonds is 6. The number of nitrogens with zero attached hydrogens (tertiary/aromatic N) is 2. The number of nitrogens with one attached hydrogen (secondary N) is 1. The number of thiophene rings is 1. The Kier molecular flexibility index (Phi) is 5.65. The van der Waals surface area contributed by atoms with Gasteiger partial charge in [-0.25, -0.2) is 4.98 Å². The average molecular weight is 426 g/mol. The number of hydrogen-bond acceptors (Lipinski definition) is 4. The fourth-order valence-electron chi connectivity index (χ4n) is 3.55. The van der Waals surface area contributed by atoms with Gasteiger partial charge in [0, 0.05) is 40.0 Å². The van der Waals surface area contributed by atoms with Crippen LogP contribution in [0.3, 0.4) is 0 Å². The zero-order chi connectivity index (χ0) is 20.4. The Morgan fingerprint density at radius 2 is 2.17 bits per heavy atom. The van der Waals surface area contributed by atoms with Crippen LogP contribution in [0, 0.1) is 6.92 Å². The minimum atomic E-state index is -0.631. The summed E-state index contributed by atoms with van der Waals surface area (Å²) in [4.78, 5) is 7.17. The highest BCUT2D eigenvalue weighted by molar-refractivity contribution is 7.95. The third kappa shape index (κ3) is 3.79. The van der Waals surface area contributed by atoms with E-state index in [2.05, 4.69) is 58.2 Å². The molecule has 0 saturated carbocycles. The van der Waals surface area contributed by atoms with Crippen molar-refractivity contribution in [3.05, 3.63) is 71.5 Å². The van der Waals surface area contributed by atoms with Crippen LogP contribution < -0.4 is 5.32 Å². The quantitative estimate of drug-likeness (QED) is 0.472. The highest BCUT2D eigenvalue weighted by Gasteiger charge is 2.31. The Morgan fingerprint density at radius 3 is 2.83 bits per heavy atom. The van der Waals surface area contributed by atoms with Crippen molar-refractivity contribution in [1.29, 1.82) is 0 Å². The van der Waals surface area contributed by atoms with E-state index < -0.39 is 4.75 Å². The van der Waals surface area contributed by atoms with Crippen molar-refractivity contribution in [1.82, 2.24) is 14.9 Å². The van der Waals surface area contributed by atoms with E-state index in [4.69, 9.17) is 0 Å². The molecule has 6 heteroatoms. The van der Waals surface area contributed by atoms with E-state index in [0.717, 1.165) is 34.8 Å². The van der Waals surface area contributed by atoms with Crippen LogP contribution in [0.15, 0.2) is 61.1 Å². The Hall–Kier alpha value is -2.31. The summed E-state index contributed by atoms with van der Waals surface area (Å²) in [5.74, 6) is 0.835. The number of dihydropyridines is 1. The largest absolute Gasteiger partial charge is 0.387 e. The van der Waals surface area contributed by atoms with Gasteiger partial charge in [0.05, 0.1) is 16.9 Å². The molecule has 0 amide bonds. The van der Waals surface area contributed by atoms with Gasteiger partial charge in [-0.15, -0.1) is 11.3 Å². The van der Waals surface area contributed by atoms with Crippen molar-refractivity contribution in [2.75, 3.05) is 6.54 Å². The smallest absolute Gasteiger partial charge is 0.144 e. The zero-order valence-corrected chi connectivity index (χ0v) is 18.4. The van der Waals surface area contributed by atoms with Crippen LogP contribution in [0.5, 0.6) is 0 Å². The van der Waals surface area contributed by atoms with Gasteiger partial charge in [-0.3, -0.25) is 0 Å². The van der Waals surface area contributed by atoms with Gasteiger partial charge in [-0.2, -0.15) is 3.89 Å². The van der Waals surface area contributed by atoms with Crippen molar-refractivity contribution in [2.45, 2.75) is 31.9 Å². The predicted molar refractivity (Wildman–Crippen MR) is 123 cm³/mol. The molecule has 0 spiro atoms. The van der Waals surface area contributed by atoms with Crippen molar-refractivity contribution < 1.29 is 3.89 Å². The highest BCUT2D eigenvalue weighted by atomic mass is 32.2. The monoisotopic (exact) mass is 425 g/mol. The van der Waals surface area contributed by atoms with Crippen LogP contribution in [0.25, 0.3) is 27.5 Å². The van der Waals surface area contributed by atoms with E-state index in [-0.39, 0.29) is 0 Å². The molecule has 4 rings (SSSR count). The normalized spacial score (nSPS) is 15.7. The van der Waals surface area contributed by atoms with Gasteiger partial charge in [0.25, 0.3) is 0 Å². The van der Waals surface area contributed by atoms with Gasteiger partial charge in [-0.05, 0) is 67.9 Å². The first-order valence-electron chi connectivity index (χ1n) is 9.71. The fraction of sp³-hybridized carbons (Fsp3) is 0.261. The number of allylic oxidation sites excluding steroid dienone is 2. The first-order chi connectivity index (χ1) is 14.1. The number of aromatic nitrogens is 2. The number of benzene rings is 1. The molecule has 0 aliphatic carbocycles. The Balaban J connectivity index is 1.92. The van der Waals surface area contributed by atoms with Gasteiger partial charge in [0.15, 0.2) is 0 Å². The lowest BCUT2D eigenvalue weighted by atomic mass is 9.90. The van der Waals surface area contributed by atoms with Crippen molar-refractivity contribution >= 4 is 29.2 Å². The summed E-state index contributed by atoms with van der Waals surface area (Å²) < 4.78 is 15.5. The van der Waals surface area contributed by atoms with Crippen LogP contribution in [0.4, 0.5) is 3.89 Å². The maximum absolute atomic E-state index is 14.1. The molecule has 0 radical (unpaired) electrons. The molecule has 29 heavy (non-hydrogen) atoms. The summed E-state index contributed by atoms with van der Waals surface area (Å²) in [7, 11) is 0. The molecule has 0 fully saturated rings. The molecule has 1 atom stereocenters. The lowest BCUT2D eigenvalue weighted by Gasteiger charge is -2.27. The minimum absolute atomic E-state index is 0.411. The van der Waals surface area contributed by atoms with Crippen molar-refractivity contribution in [2.24, 2.45) is 0 Å². The van der Waals surface area contributed by atoms with Gasteiger partial charge in [-0.1, -0.05) is 19.1 Å². The third-order valence-electron chi connectivity index (χ3n) is 5.42. The Labute approximate surface area is 179 Å². The third-order valence-corrected chi connectivity index (χ3v) is 7.32. The molecule has 150 valence electrons. The molecule has 3 heterocycles. The first kappa shape index (κ1) is 20.0. The topological polar surface area (TPSA) is 29.9 Å². The molecule has 1 aliphatic heterocycles. The molecule has 1 aliphatic rings. The number of hydrogen-bond donors (Lipinski definition) is 1. The van der Waals surface area contributed by atoms with Gasteiger partial charge in [0.1, 0.15) is 5.82 Å². The summed E-state index contributed by atoms with van der Waals surface area (Å²) in [5, 5.41) is 3.18. The molecular formula is C23H24FN3S2. The fourth-order valence-corrected chi connectivity index (χ4v) is 4.79. The number of halogens is 1. The molecule has 3 nitrogen and oxygen atoms in total. The molecule has 1 N–H and O–H groups in total. The second-order valence-electron chi connectivity index (χ2n) is 7.32. The van der Waals surface area contributed by atoms with E-state index in [1.807, 2.05) is 38.5 Å². The van der Waals surface area contributed by atoms with Crippen molar-refractivity contribution in [3.8, 4) is 21.8 Å². The molecular weight excluding hydrogens is 401 g/mol. The SMILES string of the molecule is CCC(C)(SF)c1ccc(-c2ccc(C)s2)cc1-c1nccn1C1=CCNC=C1. The second kappa shape index (κ2) is 8.20. The lowest BCUT2D eigenvalue weighted by Crippen LogP contribution is -2.17. The summed E-state index contributed by atoms with van der Waals surface area (Å²) >= 11 is 2.18. The highest BCUT2D eigenvalue weighted by Crippen LogP contribution is 2.45. The molecule has 0 bridgehead atoms. The van der Waals surface area contributed by atoms with E-state index in [1.54, 1.807) is 11.3 Å². The van der Waals surface area contributed by atoms with Crippen LogP contribution in [0.1, 0.15) is 30.7 Å². The summed E-state index contributed by atoms with van der Waals surface area (Å²) in [6, 6.07) is 10.6. The van der Waals surface area contributed by atoms with Gasteiger partial charge in [0.2, 0.25) is 0 Å². The standard InChI is InChI=1S/C23H24FN3S2/c1-4-23(3,29-24)20-7-6-17(21-8-5-16(2)28-21)15-19(20)22-26-13-14-27(22)18-9-11-25-12-10-18/h5-11,13-15,25H,4,12H2,1-3H3. The van der Waals surface area contributed by atoms with E-state index >= 15 is 0 Å². The van der Waals surface area contributed by atoms with E-state index in [1.165, 1.54) is 9.75 Å². The summed E-state index contributed by atoms with van der Waals surface area (Å²) in [5.41, 5.74) is 4.13. The van der Waals surface area contributed by atoms with Crippen LogP contribution in [-0.4, -0.2) is 16.1 Å². The Morgan fingerprint density at radius 1 is 1.31 bits per heavy atom. The van der Waals surface area contributed by atoms with Crippen LogP contribution in [0.2, 0.25) is 0 Å². The molecule has 2 aromatic heterocycles. The van der Waals surface area contributed by atoms with Crippen LogP contribution in [-0.2, 0) is 4.75 Å². The molecule has 1 unspecified atom stereocenters. The minimum Gasteiger partial charge on any atom is -0.387 e. The predicted octanol–water partition coefficient (Wildman–Crippen LogP) is 6.79. The number of aryl methyl sites for hydroxylation is 1. The van der Waals surface area contributed by atoms with Gasteiger partial charge < -0.3 is 9.88 Å². The zero-order valence-electron chi connectivity index (χ0n) is 16.8. The maximum atomic E-state index is 14.1. The lowest BCUT2D eigenvalue weighted by molar-refractivity contribution is 0.644. The van der Waals surface area contributed by atoms with Gasteiger partial charge >= 0.3 is 0 Å². The Bertz CT molecular complexity index is 1070. The van der Waals surface area contributed by atoms with E-state index in [0.29, 0.717) is 18.6 Å². The first-order valence-corrected chi connectivity index (χ1v) is 11.2. The number of imidazole rings is 1. The molecule has 0 saturated heterocycles. The summed E-state index contributed by atoms with van der Waals surface area (Å²) in [6.45, 7) is 6.87. The average Bonchev–Trinajstić information content (AvgIpc) is 3.43. The second-order valence-corrected chi connectivity index (χ2v) is 9.67.